The Balaban J connectivity index is 1.35. The van der Waals surface area contributed by atoms with Gasteiger partial charge in [0.1, 0.15) is 11.5 Å². The zero-order valence-electron chi connectivity index (χ0n) is 19.6. The Morgan fingerprint density at radius 1 is 1.06 bits per heavy atom. The van der Waals surface area contributed by atoms with Crippen molar-refractivity contribution < 1.29 is 32.5 Å². The van der Waals surface area contributed by atoms with Crippen molar-refractivity contribution in [2.75, 3.05) is 56.2 Å². The van der Waals surface area contributed by atoms with Crippen molar-refractivity contribution in [1.82, 2.24) is 14.9 Å². The summed E-state index contributed by atoms with van der Waals surface area (Å²) in [5, 5.41) is 12.6. The van der Waals surface area contributed by atoms with E-state index < -0.39 is 12.3 Å². The van der Waals surface area contributed by atoms with Gasteiger partial charge in [0, 0.05) is 43.8 Å². The van der Waals surface area contributed by atoms with E-state index in [0.29, 0.717) is 18.2 Å². The van der Waals surface area contributed by atoms with E-state index in [9.17, 15) is 18.0 Å². The van der Waals surface area contributed by atoms with E-state index in [1.807, 2.05) is 13.0 Å². The third kappa shape index (κ3) is 6.73. The highest BCUT2D eigenvalue weighted by Crippen LogP contribution is 2.25. The number of benzene rings is 2. The Kier molecular flexibility index (Phi) is 7.75. The van der Waals surface area contributed by atoms with Crippen LogP contribution < -0.4 is 19.7 Å². The number of amides is 1. The number of β-amino-alcohol motifs (C(OH)–C–C–N with tert-alkyl or cyclic N) is 1. The van der Waals surface area contributed by atoms with Gasteiger partial charge in [-0.3, -0.25) is 9.69 Å². The molecule has 1 fully saturated rings. The smallest absolute Gasteiger partial charge is 0.484 e. The van der Waals surface area contributed by atoms with Crippen LogP contribution in [0.25, 0.3) is 10.9 Å². The fourth-order valence-corrected chi connectivity index (χ4v) is 3.88. The van der Waals surface area contributed by atoms with E-state index >= 15 is 0 Å². The van der Waals surface area contributed by atoms with Crippen molar-refractivity contribution in [2.24, 2.45) is 0 Å². The first-order chi connectivity index (χ1) is 17.2. The average Bonchev–Trinajstić information content (AvgIpc) is 2.84. The normalized spacial score (nSPS) is 14.6. The molecule has 192 valence electrons. The first-order valence-electron chi connectivity index (χ1n) is 11.4. The van der Waals surface area contributed by atoms with E-state index in [1.54, 1.807) is 12.1 Å². The number of hydrogen-bond acceptors (Lipinski definition) is 8. The molecule has 0 spiro atoms. The second kappa shape index (κ2) is 11.0. The number of anilines is 2. The molecule has 0 radical (unpaired) electrons. The molecule has 0 unspecified atom stereocenters. The van der Waals surface area contributed by atoms with Gasteiger partial charge in [0.05, 0.1) is 17.8 Å². The SMILES string of the molecule is Cc1nc(N2CCN(CCO)CC2)nc2ccc(NC(=O)COc3ccc(OC(F)(F)F)cc3)cc12. The number of carbonyl (C=O) groups excluding carboxylic acids is 1. The molecule has 1 amide bonds. The molecule has 36 heavy (non-hydrogen) atoms. The second-order valence-electron chi connectivity index (χ2n) is 8.25. The van der Waals surface area contributed by atoms with Gasteiger partial charge in [-0.1, -0.05) is 0 Å². The van der Waals surface area contributed by atoms with Gasteiger partial charge in [-0.15, -0.1) is 13.2 Å². The van der Waals surface area contributed by atoms with E-state index in [-0.39, 0.29) is 24.7 Å². The zero-order valence-corrected chi connectivity index (χ0v) is 19.6. The molecule has 9 nitrogen and oxygen atoms in total. The molecule has 0 atom stereocenters. The standard InChI is InChI=1S/C24H26F3N5O4/c1-16-20-14-17(29-22(34)15-35-18-3-5-19(6-4-18)36-24(25,26)27)2-7-21(20)30-23(28-16)32-10-8-31(9-11-32)12-13-33/h2-7,14,33H,8-13,15H2,1H3,(H,29,34). The van der Waals surface area contributed by atoms with Crippen LogP contribution >= 0.6 is 0 Å². The summed E-state index contributed by atoms with van der Waals surface area (Å²) in [6.45, 7) is 5.58. The number of hydrogen-bond donors (Lipinski definition) is 2. The maximum atomic E-state index is 12.3. The second-order valence-corrected chi connectivity index (χ2v) is 8.25. The molecule has 0 aliphatic carbocycles. The Labute approximate surface area is 205 Å². The molecule has 2 aromatic carbocycles. The number of alkyl halides is 3. The van der Waals surface area contributed by atoms with Gasteiger partial charge in [-0.05, 0) is 49.4 Å². The lowest BCUT2D eigenvalue weighted by Gasteiger charge is -2.34. The van der Waals surface area contributed by atoms with Crippen LogP contribution in [0.15, 0.2) is 42.5 Å². The van der Waals surface area contributed by atoms with Crippen LogP contribution in [0.2, 0.25) is 0 Å². The highest BCUT2D eigenvalue weighted by Gasteiger charge is 2.31. The summed E-state index contributed by atoms with van der Waals surface area (Å²) in [5.74, 6) is 0.0775. The first-order valence-corrected chi connectivity index (χ1v) is 11.4. The predicted octanol–water partition coefficient (Wildman–Crippen LogP) is 2.97. The van der Waals surface area contributed by atoms with Gasteiger partial charge in [-0.25, -0.2) is 9.97 Å². The highest BCUT2D eigenvalue weighted by molar-refractivity contribution is 5.95. The van der Waals surface area contributed by atoms with Crippen LogP contribution in [0, 0.1) is 6.92 Å². The van der Waals surface area contributed by atoms with Crippen molar-refractivity contribution in [3.8, 4) is 11.5 Å². The number of aromatic nitrogens is 2. The first kappa shape index (κ1) is 25.5. The van der Waals surface area contributed by atoms with Gasteiger partial charge >= 0.3 is 6.36 Å². The summed E-state index contributed by atoms with van der Waals surface area (Å²) in [5.41, 5.74) is 2.08. The van der Waals surface area contributed by atoms with Crippen molar-refractivity contribution in [2.45, 2.75) is 13.3 Å². The summed E-state index contributed by atoms with van der Waals surface area (Å²) in [6.07, 6.45) is -4.77. The van der Waals surface area contributed by atoms with E-state index in [0.717, 1.165) is 54.9 Å². The lowest BCUT2D eigenvalue weighted by Crippen LogP contribution is -2.47. The Morgan fingerprint density at radius 3 is 2.42 bits per heavy atom. The van der Waals surface area contributed by atoms with Crippen LogP contribution in [0.1, 0.15) is 5.69 Å². The molecule has 0 bridgehead atoms. The van der Waals surface area contributed by atoms with Crippen molar-refractivity contribution in [3.05, 3.63) is 48.2 Å². The molecule has 2 heterocycles. The number of nitrogens with one attached hydrogen (secondary N) is 1. The largest absolute Gasteiger partial charge is 0.573 e. The van der Waals surface area contributed by atoms with E-state index in [2.05, 4.69) is 29.8 Å². The lowest BCUT2D eigenvalue weighted by atomic mass is 10.1. The van der Waals surface area contributed by atoms with Gasteiger partial charge < -0.3 is 24.8 Å². The van der Waals surface area contributed by atoms with Gasteiger partial charge in [0.15, 0.2) is 6.61 Å². The van der Waals surface area contributed by atoms with Gasteiger partial charge in [0.25, 0.3) is 5.91 Å². The summed E-state index contributed by atoms with van der Waals surface area (Å²) in [6, 6.07) is 10.1. The number of ether oxygens (including phenoxy) is 2. The Morgan fingerprint density at radius 2 is 1.75 bits per heavy atom. The number of aliphatic hydroxyl groups is 1. The molecule has 1 saturated heterocycles. The minimum atomic E-state index is -4.77. The number of halogens is 3. The van der Waals surface area contributed by atoms with Crippen molar-refractivity contribution in [3.63, 3.8) is 0 Å². The molecule has 2 N–H and O–H groups in total. The molecule has 12 heteroatoms. The zero-order chi connectivity index (χ0) is 25.7. The summed E-state index contributed by atoms with van der Waals surface area (Å²) in [7, 11) is 0. The molecular weight excluding hydrogens is 479 g/mol. The third-order valence-corrected chi connectivity index (χ3v) is 5.66. The van der Waals surface area contributed by atoms with Crippen LogP contribution in [0.5, 0.6) is 11.5 Å². The minimum Gasteiger partial charge on any atom is -0.484 e. The quantitative estimate of drug-likeness (QED) is 0.482. The molecule has 1 aliphatic heterocycles. The van der Waals surface area contributed by atoms with Gasteiger partial charge in [0.2, 0.25) is 5.95 Å². The number of nitrogens with zero attached hydrogens (tertiary/aromatic N) is 4. The summed E-state index contributed by atoms with van der Waals surface area (Å²) in [4.78, 5) is 26.0. The van der Waals surface area contributed by atoms with E-state index in [4.69, 9.17) is 9.84 Å². The third-order valence-electron chi connectivity index (χ3n) is 5.66. The summed E-state index contributed by atoms with van der Waals surface area (Å²) < 4.78 is 45.9. The number of aliphatic hydroxyl groups excluding tert-OH is 1. The number of piperazine rings is 1. The highest BCUT2D eigenvalue weighted by atomic mass is 19.4. The topological polar surface area (TPSA) is 100 Å². The van der Waals surface area contributed by atoms with Crippen molar-refractivity contribution in [1.29, 1.82) is 0 Å². The predicted molar refractivity (Wildman–Crippen MR) is 127 cm³/mol. The van der Waals surface area contributed by atoms with Crippen LogP contribution in [-0.4, -0.2) is 78.2 Å². The fraction of sp³-hybridized carbons (Fsp3) is 0.375. The Bertz CT molecular complexity index is 1200. The van der Waals surface area contributed by atoms with Crippen LogP contribution in [0.3, 0.4) is 0 Å². The lowest BCUT2D eigenvalue weighted by molar-refractivity contribution is -0.274. The molecule has 0 saturated carbocycles. The monoisotopic (exact) mass is 505 g/mol. The van der Waals surface area contributed by atoms with Gasteiger partial charge in [-0.2, -0.15) is 0 Å². The van der Waals surface area contributed by atoms with Crippen LogP contribution in [0.4, 0.5) is 24.8 Å². The molecular formula is C24H26F3N5O4. The number of rotatable bonds is 8. The fourth-order valence-electron chi connectivity index (χ4n) is 3.88. The van der Waals surface area contributed by atoms with Crippen LogP contribution in [-0.2, 0) is 4.79 Å². The summed E-state index contributed by atoms with van der Waals surface area (Å²) >= 11 is 0. The molecule has 1 aromatic heterocycles. The van der Waals surface area contributed by atoms with Crippen molar-refractivity contribution >= 4 is 28.4 Å². The number of fused-ring (bicyclic) bond motifs is 1. The molecule has 1 aliphatic rings. The molecule has 4 rings (SSSR count). The number of aryl methyl sites for hydroxylation is 1. The minimum absolute atomic E-state index is 0.143. The maximum absolute atomic E-state index is 12.3. The average molecular weight is 505 g/mol. The maximum Gasteiger partial charge on any atom is 0.573 e. The van der Waals surface area contributed by atoms with E-state index in [1.165, 1.54) is 12.1 Å². The number of carbonyl (C=O) groups is 1. The Hall–Kier alpha value is -3.64. The molecule has 3 aromatic rings.